The lowest BCUT2D eigenvalue weighted by atomic mass is 10.1. The highest BCUT2D eigenvalue weighted by molar-refractivity contribution is 5.93. The van der Waals surface area contributed by atoms with Crippen LogP contribution in [0.1, 0.15) is 13.3 Å². The van der Waals surface area contributed by atoms with Crippen LogP contribution in [0.15, 0.2) is 23.2 Å². The van der Waals surface area contributed by atoms with Crippen LogP contribution in [0.25, 0.3) is 0 Å². The van der Waals surface area contributed by atoms with Gasteiger partial charge in [0.25, 0.3) is 0 Å². The van der Waals surface area contributed by atoms with Crippen LogP contribution in [-0.2, 0) is 4.74 Å². The van der Waals surface area contributed by atoms with Crippen molar-refractivity contribution in [3.63, 3.8) is 0 Å². The Morgan fingerprint density at radius 3 is 2.69 bits per heavy atom. The number of anilines is 1. The molecule has 1 saturated heterocycles. The molecule has 3 rings (SSSR count). The molecule has 1 fully saturated rings. The molecule has 26 heavy (non-hydrogen) atoms. The van der Waals surface area contributed by atoms with Gasteiger partial charge in [0.05, 0.1) is 26.4 Å². The van der Waals surface area contributed by atoms with Crippen LogP contribution in [0, 0.1) is 5.92 Å². The van der Waals surface area contributed by atoms with Crippen molar-refractivity contribution in [3.8, 4) is 11.5 Å². The second-order valence-corrected chi connectivity index (χ2v) is 6.81. The minimum atomic E-state index is 0.524. The van der Waals surface area contributed by atoms with E-state index in [9.17, 15) is 0 Å². The van der Waals surface area contributed by atoms with Crippen molar-refractivity contribution in [1.82, 2.24) is 10.2 Å². The van der Waals surface area contributed by atoms with Gasteiger partial charge in [0.1, 0.15) is 0 Å². The molecule has 144 valence electrons. The Hall–Kier alpha value is -1.99. The van der Waals surface area contributed by atoms with Gasteiger partial charge in [-0.25, -0.2) is 0 Å². The highest BCUT2D eigenvalue weighted by Gasteiger charge is 2.15. The summed E-state index contributed by atoms with van der Waals surface area (Å²) in [5, 5.41) is 6.74. The molecule has 0 saturated carbocycles. The van der Waals surface area contributed by atoms with Crippen molar-refractivity contribution in [1.29, 1.82) is 0 Å². The van der Waals surface area contributed by atoms with Crippen molar-refractivity contribution in [2.45, 2.75) is 13.3 Å². The summed E-state index contributed by atoms with van der Waals surface area (Å²) in [6, 6.07) is 5.89. The van der Waals surface area contributed by atoms with Gasteiger partial charge in [0, 0.05) is 51.4 Å². The number of nitrogens with one attached hydrogen (secondary N) is 2. The van der Waals surface area contributed by atoms with Gasteiger partial charge >= 0.3 is 0 Å². The maximum absolute atomic E-state index is 5.75. The quantitative estimate of drug-likeness (QED) is 0.615. The van der Waals surface area contributed by atoms with Crippen LogP contribution in [0.5, 0.6) is 11.5 Å². The van der Waals surface area contributed by atoms with Gasteiger partial charge in [-0.15, -0.1) is 0 Å². The number of guanidine groups is 1. The van der Waals surface area contributed by atoms with Crippen molar-refractivity contribution < 1.29 is 14.2 Å². The Labute approximate surface area is 155 Å². The summed E-state index contributed by atoms with van der Waals surface area (Å²) in [7, 11) is 1.78. The molecule has 1 aromatic rings. The number of ether oxygens (including phenoxy) is 3. The summed E-state index contributed by atoms with van der Waals surface area (Å²) in [4.78, 5) is 6.78. The summed E-state index contributed by atoms with van der Waals surface area (Å²) in [5.74, 6) is 2.86. The molecule has 2 aliphatic heterocycles. The lowest BCUT2D eigenvalue weighted by molar-refractivity contribution is 0.0320. The lowest BCUT2D eigenvalue weighted by Gasteiger charge is -2.29. The van der Waals surface area contributed by atoms with Crippen molar-refractivity contribution >= 4 is 11.6 Å². The third kappa shape index (κ3) is 5.51. The highest BCUT2D eigenvalue weighted by atomic mass is 16.5. The third-order valence-electron chi connectivity index (χ3n) is 4.53. The zero-order valence-electron chi connectivity index (χ0n) is 15.8. The molecule has 7 heteroatoms. The first-order chi connectivity index (χ1) is 12.7. The first-order valence-electron chi connectivity index (χ1n) is 9.42. The van der Waals surface area contributed by atoms with Gasteiger partial charge < -0.3 is 24.8 Å². The summed E-state index contributed by atoms with van der Waals surface area (Å²) in [6.45, 7) is 9.29. The molecule has 0 aromatic heterocycles. The molecule has 0 spiro atoms. The Morgan fingerprint density at radius 2 is 1.92 bits per heavy atom. The first-order valence-corrected chi connectivity index (χ1v) is 9.42. The smallest absolute Gasteiger partial charge is 0.195 e. The molecule has 1 aromatic carbocycles. The summed E-state index contributed by atoms with van der Waals surface area (Å²) >= 11 is 0. The fraction of sp³-hybridized carbons (Fsp3) is 0.632. The van der Waals surface area contributed by atoms with Crippen LogP contribution in [0.4, 0.5) is 5.69 Å². The molecule has 2 heterocycles. The molecule has 1 atom stereocenters. The van der Waals surface area contributed by atoms with E-state index in [0.717, 1.165) is 69.0 Å². The number of fused-ring (bicyclic) bond motifs is 1. The summed E-state index contributed by atoms with van der Waals surface area (Å²) in [6.07, 6.45) is 0.904. The standard InChI is InChI=1S/C19H30N4O3/c1-15(14-23-6-10-24-11-7-23)13-21-19(20-2)22-16-4-5-17-18(12-16)26-9-3-8-25-17/h4-5,12,15H,3,6-11,13-14H2,1-2H3,(H2,20,21,22). The average molecular weight is 362 g/mol. The number of rotatable bonds is 5. The van der Waals surface area contributed by atoms with Crippen LogP contribution in [0.3, 0.4) is 0 Å². The van der Waals surface area contributed by atoms with E-state index in [-0.39, 0.29) is 0 Å². The monoisotopic (exact) mass is 362 g/mol. The third-order valence-corrected chi connectivity index (χ3v) is 4.53. The van der Waals surface area contributed by atoms with Crippen molar-refractivity contribution in [2.24, 2.45) is 10.9 Å². The van der Waals surface area contributed by atoms with Gasteiger partial charge in [-0.3, -0.25) is 9.89 Å². The van der Waals surface area contributed by atoms with Crippen LogP contribution >= 0.6 is 0 Å². The van der Waals surface area contributed by atoms with E-state index in [1.165, 1.54) is 0 Å². The largest absolute Gasteiger partial charge is 0.490 e. The molecule has 0 amide bonds. The topological polar surface area (TPSA) is 67.4 Å². The Balaban J connectivity index is 1.49. The SMILES string of the molecule is CN=C(NCC(C)CN1CCOCC1)Nc1ccc2c(c1)OCCCO2. The van der Waals surface area contributed by atoms with Gasteiger partial charge in [-0.1, -0.05) is 6.92 Å². The molecule has 0 radical (unpaired) electrons. The molecule has 7 nitrogen and oxygen atoms in total. The minimum Gasteiger partial charge on any atom is -0.490 e. The van der Waals surface area contributed by atoms with E-state index < -0.39 is 0 Å². The second-order valence-electron chi connectivity index (χ2n) is 6.81. The predicted octanol–water partition coefficient (Wildman–Crippen LogP) is 1.80. The maximum atomic E-state index is 5.75. The van der Waals surface area contributed by atoms with Gasteiger partial charge in [-0.05, 0) is 18.1 Å². The normalized spacial score (nSPS) is 19.5. The molecule has 2 aliphatic rings. The average Bonchev–Trinajstić information content (AvgIpc) is 2.91. The summed E-state index contributed by atoms with van der Waals surface area (Å²) in [5.41, 5.74) is 0.934. The number of aliphatic imine (C=N–C) groups is 1. The number of nitrogens with zero attached hydrogens (tertiary/aromatic N) is 2. The molecular formula is C19H30N4O3. The number of morpholine rings is 1. The van der Waals surface area contributed by atoms with E-state index in [1.807, 2.05) is 18.2 Å². The number of benzene rings is 1. The van der Waals surface area contributed by atoms with Gasteiger partial charge in [0.2, 0.25) is 0 Å². The Bertz CT molecular complexity index is 602. The van der Waals surface area contributed by atoms with E-state index in [0.29, 0.717) is 19.1 Å². The number of hydrogen-bond donors (Lipinski definition) is 2. The molecule has 0 bridgehead atoms. The van der Waals surface area contributed by atoms with Crippen molar-refractivity contribution in [3.05, 3.63) is 18.2 Å². The van der Waals surface area contributed by atoms with E-state index in [4.69, 9.17) is 14.2 Å². The minimum absolute atomic E-state index is 0.524. The molecule has 1 unspecified atom stereocenters. The zero-order valence-corrected chi connectivity index (χ0v) is 15.8. The van der Waals surface area contributed by atoms with E-state index in [2.05, 4.69) is 27.4 Å². The van der Waals surface area contributed by atoms with Gasteiger partial charge in [0.15, 0.2) is 17.5 Å². The highest BCUT2D eigenvalue weighted by Crippen LogP contribution is 2.32. The predicted molar refractivity (Wildman–Crippen MR) is 103 cm³/mol. The fourth-order valence-corrected chi connectivity index (χ4v) is 3.12. The molecule has 2 N–H and O–H groups in total. The van der Waals surface area contributed by atoms with Crippen molar-refractivity contribution in [2.75, 3.05) is 65.0 Å². The fourth-order valence-electron chi connectivity index (χ4n) is 3.12. The van der Waals surface area contributed by atoms with E-state index in [1.54, 1.807) is 7.05 Å². The Morgan fingerprint density at radius 1 is 1.15 bits per heavy atom. The van der Waals surface area contributed by atoms with Crippen LogP contribution < -0.4 is 20.1 Å². The number of hydrogen-bond acceptors (Lipinski definition) is 5. The van der Waals surface area contributed by atoms with Gasteiger partial charge in [-0.2, -0.15) is 0 Å². The van der Waals surface area contributed by atoms with Crippen LogP contribution in [0.2, 0.25) is 0 Å². The molecule has 0 aliphatic carbocycles. The first kappa shape index (κ1) is 18.8. The van der Waals surface area contributed by atoms with Crippen LogP contribution in [-0.4, -0.2) is 70.5 Å². The molecular weight excluding hydrogens is 332 g/mol. The zero-order chi connectivity index (χ0) is 18.2. The maximum Gasteiger partial charge on any atom is 0.195 e. The summed E-state index contributed by atoms with van der Waals surface area (Å²) < 4.78 is 16.8. The Kier molecular flexibility index (Phi) is 6.96. The lowest BCUT2D eigenvalue weighted by Crippen LogP contribution is -2.42. The second kappa shape index (κ2) is 9.64. The van der Waals surface area contributed by atoms with E-state index >= 15 is 0 Å².